The van der Waals surface area contributed by atoms with Gasteiger partial charge >= 0.3 is 0 Å². The van der Waals surface area contributed by atoms with Crippen molar-refractivity contribution in [1.82, 2.24) is 10.6 Å². The molecule has 3 aliphatic rings. The molecule has 2 amide bonds. The maximum Gasteiger partial charge on any atom is 0.257 e. The van der Waals surface area contributed by atoms with Crippen LogP contribution in [0.2, 0.25) is 0 Å². The van der Waals surface area contributed by atoms with Gasteiger partial charge in [0.1, 0.15) is 23.0 Å². The van der Waals surface area contributed by atoms with Gasteiger partial charge in [0.2, 0.25) is 0 Å². The van der Waals surface area contributed by atoms with E-state index >= 15 is 0 Å². The molecule has 8 heteroatoms. The highest BCUT2D eigenvalue weighted by Crippen LogP contribution is 2.44. The molecule has 0 unspecified atom stereocenters. The van der Waals surface area contributed by atoms with E-state index in [4.69, 9.17) is 18.9 Å². The number of benzene rings is 4. The van der Waals surface area contributed by atoms with Gasteiger partial charge in [-0.15, -0.1) is 0 Å². The lowest BCUT2D eigenvalue weighted by Crippen LogP contribution is -2.30. The Morgan fingerprint density at radius 2 is 0.597 bits per heavy atom. The average molecular weight is 843 g/mol. The topological polar surface area (TPSA) is 95.1 Å². The van der Waals surface area contributed by atoms with E-state index in [0.717, 1.165) is 67.5 Å². The number of amides is 2. The van der Waals surface area contributed by atoms with E-state index in [9.17, 15) is 9.59 Å². The molecule has 2 heterocycles. The van der Waals surface area contributed by atoms with Gasteiger partial charge in [0, 0.05) is 38.8 Å². The van der Waals surface area contributed by atoms with Crippen molar-refractivity contribution in [3.05, 3.63) is 115 Å². The zero-order chi connectivity index (χ0) is 44.8. The predicted molar refractivity (Wildman–Crippen MR) is 249 cm³/mol. The first kappa shape index (κ1) is 45.1. The van der Waals surface area contributed by atoms with Crippen molar-refractivity contribution in [1.29, 1.82) is 0 Å². The third kappa shape index (κ3) is 10.3. The average Bonchev–Trinajstić information content (AvgIpc) is 3.18. The molecule has 0 saturated carbocycles. The minimum absolute atomic E-state index is 0.0915. The van der Waals surface area contributed by atoms with Crippen LogP contribution in [0.1, 0.15) is 163 Å². The van der Waals surface area contributed by atoms with Crippen molar-refractivity contribution < 1.29 is 28.5 Å². The molecule has 332 valence electrons. The van der Waals surface area contributed by atoms with Crippen molar-refractivity contribution in [2.75, 3.05) is 39.5 Å². The van der Waals surface area contributed by atoms with Crippen molar-refractivity contribution in [3.63, 3.8) is 0 Å². The molecular formula is C54H70N2O6. The number of rotatable bonds is 0. The molecule has 8 nitrogen and oxygen atoms in total. The molecule has 1 aliphatic carbocycles. The van der Waals surface area contributed by atoms with Crippen molar-refractivity contribution in [3.8, 4) is 23.0 Å². The van der Waals surface area contributed by atoms with Gasteiger partial charge in [0.15, 0.2) is 13.2 Å². The molecule has 0 aromatic heterocycles. The van der Waals surface area contributed by atoms with Crippen LogP contribution in [0.3, 0.4) is 0 Å². The summed E-state index contributed by atoms with van der Waals surface area (Å²) in [5, 5.41) is 6.16. The van der Waals surface area contributed by atoms with Gasteiger partial charge < -0.3 is 29.6 Å². The Hall–Kier alpha value is -4.98. The van der Waals surface area contributed by atoms with Gasteiger partial charge in [0.05, 0.1) is 13.2 Å². The molecule has 62 heavy (non-hydrogen) atoms. The van der Waals surface area contributed by atoms with E-state index in [2.05, 4.69) is 142 Å². The van der Waals surface area contributed by atoms with Crippen LogP contribution in [-0.2, 0) is 56.9 Å². The van der Waals surface area contributed by atoms with Gasteiger partial charge in [0.25, 0.3) is 11.8 Å². The Kier molecular flexibility index (Phi) is 12.6. The summed E-state index contributed by atoms with van der Waals surface area (Å²) >= 11 is 0. The summed E-state index contributed by atoms with van der Waals surface area (Å²) in [6.45, 7) is 28.7. The number of hydrogen-bond donors (Lipinski definition) is 2. The smallest absolute Gasteiger partial charge is 0.257 e. The normalized spacial score (nSPS) is 16.8. The first-order valence-corrected chi connectivity index (χ1v) is 22.7. The van der Waals surface area contributed by atoms with Crippen LogP contribution in [0.25, 0.3) is 0 Å². The van der Waals surface area contributed by atoms with Gasteiger partial charge in [-0.3, -0.25) is 9.59 Å². The first-order valence-electron chi connectivity index (χ1n) is 22.7. The Morgan fingerprint density at radius 3 is 0.823 bits per heavy atom. The Labute approximate surface area is 370 Å². The van der Waals surface area contributed by atoms with E-state index in [-0.39, 0.29) is 46.7 Å². The predicted octanol–water partition coefficient (Wildman–Crippen LogP) is 10.1. The molecule has 0 fully saturated rings. The fraction of sp³-hybridized carbons (Fsp3) is 0.519. The minimum atomic E-state index is -0.181. The summed E-state index contributed by atoms with van der Waals surface area (Å²) in [7, 11) is 0. The van der Waals surface area contributed by atoms with Crippen LogP contribution in [0, 0.1) is 0 Å². The van der Waals surface area contributed by atoms with E-state index in [1.165, 1.54) is 22.3 Å². The fourth-order valence-corrected chi connectivity index (χ4v) is 8.69. The van der Waals surface area contributed by atoms with E-state index in [0.29, 0.717) is 64.8 Å². The van der Waals surface area contributed by atoms with E-state index in [1.54, 1.807) is 0 Å². The van der Waals surface area contributed by atoms with Crippen LogP contribution in [0.5, 0.6) is 23.0 Å². The summed E-state index contributed by atoms with van der Waals surface area (Å²) in [6, 6.07) is 18.4. The Bertz CT molecular complexity index is 2180. The van der Waals surface area contributed by atoms with Crippen LogP contribution in [0.15, 0.2) is 48.5 Å². The van der Waals surface area contributed by atoms with Crippen LogP contribution in [-0.4, -0.2) is 51.3 Å². The molecule has 0 radical (unpaired) electrons. The summed E-state index contributed by atoms with van der Waals surface area (Å²) < 4.78 is 27.4. The number of ether oxygens (including phenoxy) is 4. The molecule has 4 aromatic carbocycles. The second-order valence-corrected chi connectivity index (χ2v) is 21.9. The highest BCUT2D eigenvalue weighted by molar-refractivity contribution is 5.78. The zero-order valence-electron chi connectivity index (χ0n) is 39.6. The third-order valence-corrected chi connectivity index (χ3v) is 12.4. The quantitative estimate of drug-likeness (QED) is 0.161. The number of carbonyl (C=O) groups excluding carboxylic acids is 2. The van der Waals surface area contributed by atoms with E-state index < -0.39 is 0 Å². The zero-order valence-corrected chi connectivity index (χ0v) is 39.6. The van der Waals surface area contributed by atoms with Crippen molar-refractivity contribution >= 4 is 11.8 Å². The van der Waals surface area contributed by atoms with Gasteiger partial charge in [-0.25, -0.2) is 0 Å². The second-order valence-electron chi connectivity index (χ2n) is 21.9. The molecule has 0 saturated heterocycles. The van der Waals surface area contributed by atoms with Gasteiger partial charge in [-0.2, -0.15) is 0 Å². The van der Waals surface area contributed by atoms with Crippen molar-refractivity contribution in [2.24, 2.45) is 0 Å². The molecule has 7 rings (SSSR count). The molecule has 2 N–H and O–H groups in total. The lowest BCUT2D eigenvalue weighted by atomic mass is 9.79. The van der Waals surface area contributed by atoms with E-state index in [1.807, 2.05) is 0 Å². The number of carbonyl (C=O) groups is 2. The molecular weight excluding hydrogens is 773 g/mol. The van der Waals surface area contributed by atoms with Crippen LogP contribution >= 0.6 is 0 Å². The summed E-state index contributed by atoms with van der Waals surface area (Å²) in [5.74, 6) is 2.83. The van der Waals surface area contributed by atoms with Crippen LogP contribution < -0.4 is 29.6 Å². The second kappa shape index (κ2) is 17.3. The van der Waals surface area contributed by atoms with Crippen molar-refractivity contribution in [2.45, 2.75) is 143 Å². The summed E-state index contributed by atoms with van der Waals surface area (Å²) in [6.07, 6.45) is 3.38. The largest absolute Gasteiger partial charge is 0.493 e. The van der Waals surface area contributed by atoms with Gasteiger partial charge in [-0.05, 0) is 101 Å². The molecule has 2 aliphatic heterocycles. The Morgan fingerprint density at radius 1 is 0.371 bits per heavy atom. The first-order chi connectivity index (χ1) is 29.0. The maximum atomic E-state index is 13.4. The monoisotopic (exact) mass is 843 g/mol. The summed E-state index contributed by atoms with van der Waals surface area (Å²) in [5.41, 5.74) is 12.4. The highest BCUT2D eigenvalue weighted by Gasteiger charge is 2.30. The lowest BCUT2D eigenvalue weighted by Gasteiger charge is -2.29. The Balaban J connectivity index is 1.65. The highest BCUT2D eigenvalue weighted by atomic mass is 16.5. The fourth-order valence-electron chi connectivity index (χ4n) is 8.69. The van der Waals surface area contributed by atoms with Gasteiger partial charge in [-0.1, -0.05) is 132 Å². The SMILES string of the molecule is CC(C)(C)c1cc2c3c(c1)Cc1cc(C(C)(C)C)cc4c1OCC(=O)NCCCOc1c(cc(C(C)(C)C)cc1C4)Cc1cc(C(C)(C)C)cc(c1OCC(=O)NCCCO3)C2. The number of hydrogen-bond acceptors (Lipinski definition) is 6. The molecule has 0 spiro atoms. The number of nitrogens with one attached hydrogen (secondary N) is 2. The molecule has 4 aromatic rings. The minimum Gasteiger partial charge on any atom is -0.493 e. The molecule has 12 bridgehead atoms. The standard InChI is InChI=1S/C54H70N2O6/c1-51(2,3)41-23-33-19-37-27-43(53(7,8)9)30-40-22-36-26-42(52(4,5)6)24-34-20-38-28-44(54(10,11)12)29-39(50(38)62-32-46(58)56-16-14-18-60-48(34)36)21-35(25-41)47(33)59-17-13-15-55-45(57)31-61-49(37)40/h23-30H,13-22,31-32H2,1-12H3,(H,55,57)(H,56,58). The third-order valence-electron chi connectivity index (χ3n) is 12.4. The maximum absolute atomic E-state index is 13.4. The summed E-state index contributed by atoms with van der Waals surface area (Å²) in [4.78, 5) is 26.8. The van der Waals surface area contributed by atoms with Crippen LogP contribution in [0.4, 0.5) is 0 Å². The lowest BCUT2D eigenvalue weighted by molar-refractivity contribution is -0.123. The molecule has 0 atom stereocenters.